The molecule has 1 fully saturated rings. The van der Waals surface area contributed by atoms with Gasteiger partial charge in [-0.3, -0.25) is 0 Å². The maximum absolute atomic E-state index is 5.86. The minimum Gasteiger partial charge on any atom is -0.423 e. The van der Waals surface area contributed by atoms with E-state index >= 15 is 0 Å². The van der Waals surface area contributed by atoms with E-state index in [9.17, 15) is 0 Å². The van der Waals surface area contributed by atoms with Gasteiger partial charge in [-0.15, -0.1) is 0 Å². The summed E-state index contributed by atoms with van der Waals surface area (Å²) >= 11 is 0. The Hall–Kier alpha value is -1.71. The van der Waals surface area contributed by atoms with Crippen molar-refractivity contribution in [2.24, 2.45) is 0 Å². The summed E-state index contributed by atoms with van der Waals surface area (Å²) in [5.74, 6) is 0. The van der Waals surface area contributed by atoms with E-state index in [1.807, 2.05) is 18.2 Å². The van der Waals surface area contributed by atoms with Gasteiger partial charge in [0.15, 0.2) is 5.58 Å². The van der Waals surface area contributed by atoms with E-state index in [0.717, 1.165) is 35.8 Å². The van der Waals surface area contributed by atoms with Crippen LogP contribution in [-0.4, -0.2) is 17.6 Å². The molecule has 1 saturated heterocycles. The average Bonchev–Trinajstić information content (AvgIpc) is 2.81. The van der Waals surface area contributed by atoms with Gasteiger partial charge in [-0.25, -0.2) is 0 Å². The van der Waals surface area contributed by atoms with Crippen LogP contribution < -0.4 is 10.6 Å². The highest BCUT2D eigenvalue weighted by Crippen LogP contribution is 2.29. The summed E-state index contributed by atoms with van der Waals surface area (Å²) in [6.07, 6.45) is 4.90. The Kier molecular flexibility index (Phi) is 2.86. The van der Waals surface area contributed by atoms with Crippen molar-refractivity contribution in [3.63, 3.8) is 0 Å². The van der Waals surface area contributed by atoms with Gasteiger partial charge in [0.05, 0.1) is 0 Å². The van der Waals surface area contributed by atoms with Crippen LogP contribution in [0, 0.1) is 0 Å². The third kappa shape index (κ3) is 1.92. The molecule has 1 unspecified atom stereocenters. The molecule has 1 atom stereocenters. The van der Waals surface area contributed by atoms with Gasteiger partial charge in [0.1, 0.15) is 5.52 Å². The largest absolute Gasteiger partial charge is 0.423 e. The predicted molar refractivity (Wildman–Crippen MR) is 73.7 cm³/mol. The highest BCUT2D eigenvalue weighted by atomic mass is 16.4. The number of rotatable bonds is 2. The molecule has 1 aromatic carbocycles. The minimum absolute atomic E-state index is 0.559. The summed E-state index contributed by atoms with van der Waals surface area (Å²) in [5, 5.41) is 0. The van der Waals surface area contributed by atoms with Crippen LogP contribution in [0.1, 0.15) is 32.6 Å². The van der Waals surface area contributed by atoms with Gasteiger partial charge >= 0.3 is 0 Å². The summed E-state index contributed by atoms with van der Waals surface area (Å²) in [5.41, 5.74) is 8.15. The summed E-state index contributed by atoms with van der Waals surface area (Å²) in [4.78, 5) is 6.88. The summed E-state index contributed by atoms with van der Waals surface area (Å²) in [7, 11) is 0. The number of oxazole rings is 1. The molecule has 0 bridgehead atoms. The second-order valence-corrected chi connectivity index (χ2v) is 4.97. The maximum Gasteiger partial charge on any atom is 0.298 e. The van der Waals surface area contributed by atoms with E-state index in [0.29, 0.717) is 6.04 Å². The number of hydrogen-bond donors (Lipinski definition) is 1. The minimum atomic E-state index is 0.559. The van der Waals surface area contributed by atoms with Crippen molar-refractivity contribution in [1.29, 1.82) is 0 Å². The molecule has 0 spiro atoms. The molecule has 96 valence electrons. The fourth-order valence-electron chi connectivity index (χ4n) is 2.73. The van der Waals surface area contributed by atoms with Gasteiger partial charge in [-0.1, -0.05) is 6.92 Å². The molecule has 1 aliphatic rings. The van der Waals surface area contributed by atoms with E-state index in [4.69, 9.17) is 10.2 Å². The van der Waals surface area contributed by atoms with Gasteiger partial charge in [0.2, 0.25) is 0 Å². The third-order valence-corrected chi connectivity index (χ3v) is 3.75. The van der Waals surface area contributed by atoms with Crippen molar-refractivity contribution >= 4 is 22.8 Å². The molecule has 1 aliphatic heterocycles. The van der Waals surface area contributed by atoms with Crippen LogP contribution in [0.15, 0.2) is 22.6 Å². The van der Waals surface area contributed by atoms with Gasteiger partial charge in [-0.2, -0.15) is 4.98 Å². The summed E-state index contributed by atoms with van der Waals surface area (Å²) in [6, 6.07) is 6.94. The standard InChI is InChI=1S/C14H19N3O/c1-2-11-5-3-4-8-17(11)14-16-12-7-6-10(15)9-13(12)18-14/h6-7,9,11H,2-5,8,15H2,1H3. The number of piperidine rings is 1. The fourth-order valence-corrected chi connectivity index (χ4v) is 2.73. The highest BCUT2D eigenvalue weighted by molar-refractivity contribution is 5.78. The van der Waals surface area contributed by atoms with Crippen LogP contribution in [0.3, 0.4) is 0 Å². The maximum atomic E-state index is 5.86. The lowest BCUT2D eigenvalue weighted by Gasteiger charge is -2.33. The first kappa shape index (κ1) is 11.4. The molecule has 0 radical (unpaired) electrons. The first-order valence-electron chi connectivity index (χ1n) is 6.70. The van der Waals surface area contributed by atoms with Crippen LogP contribution >= 0.6 is 0 Å². The molecule has 4 nitrogen and oxygen atoms in total. The van der Waals surface area contributed by atoms with E-state index in [1.165, 1.54) is 19.3 Å². The lowest BCUT2D eigenvalue weighted by atomic mass is 10.0. The van der Waals surface area contributed by atoms with E-state index in [1.54, 1.807) is 0 Å². The van der Waals surface area contributed by atoms with Gasteiger partial charge in [-0.05, 0) is 37.8 Å². The Labute approximate surface area is 107 Å². The van der Waals surface area contributed by atoms with Crippen molar-refractivity contribution in [3.8, 4) is 0 Å². The zero-order valence-corrected chi connectivity index (χ0v) is 10.7. The Bertz CT molecular complexity index is 549. The predicted octanol–water partition coefficient (Wildman–Crippen LogP) is 3.18. The van der Waals surface area contributed by atoms with Crippen LogP contribution in [0.25, 0.3) is 11.1 Å². The SMILES string of the molecule is CCC1CCCCN1c1nc2ccc(N)cc2o1. The number of benzene rings is 1. The fraction of sp³-hybridized carbons (Fsp3) is 0.500. The summed E-state index contributed by atoms with van der Waals surface area (Å²) < 4.78 is 5.86. The number of fused-ring (bicyclic) bond motifs is 1. The number of aromatic nitrogens is 1. The lowest BCUT2D eigenvalue weighted by Crippen LogP contribution is -2.39. The van der Waals surface area contributed by atoms with Crippen LogP contribution in [-0.2, 0) is 0 Å². The molecule has 18 heavy (non-hydrogen) atoms. The Morgan fingerprint density at radius 3 is 3.17 bits per heavy atom. The third-order valence-electron chi connectivity index (χ3n) is 3.75. The molecule has 2 heterocycles. The number of hydrogen-bond acceptors (Lipinski definition) is 4. The Balaban J connectivity index is 1.97. The Morgan fingerprint density at radius 2 is 2.33 bits per heavy atom. The molecule has 2 aromatic rings. The zero-order chi connectivity index (χ0) is 12.5. The van der Waals surface area contributed by atoms with E-state index in [-0.39, 0.29) is 0 Å². The topological polar surface area (TPSA) is 55.3 Å². The summed E-state index contributed by atoms with van der Waals surface area (Å²) in [6.45, 7) is 3.27. The molecule has 0 amide bonds. The van der Waals surface area contributed by atoms with Crippen LogP contribution in [0.2, 0.25) is 0 Å². The average molecular weight is 245 g/mol. The molecule has 2 N–H and O–H groups in total. The van der Waals surface area contributed by atoms with Crippen molar-refractivity contribution in [2.45, 2.75) is 38.6 Å². The number of anilines is 2. The first-order chi connectivity index (χ1) is 8.78. The lowest BCUT2D eigenvalue weighted by molar-refractivity contribution is 0.416. The number of nitrogens with zero attached hydrogens (tertiary/aromatic N) is 2. The van der Waals surface area contributed by atoms with E-state index < -0.39 is 0 Å². The number of nitrogens with two attached hydrogens (primary N) is 1. The number of nitrogen functional groups attached to an aromatic ring is 1. The molecule has 1 aromatic heterocycles. The van der Waals surface area contributed by atoms with Gasteiger partial charge in [0.25, 0.3) is 6.01 Å². The Morgan fingerprint density at radius 1 is 1.44 bits per heavy atom. The van der Waals surface area contributed by atoms with E-state index in [2.05, 4.69) is 16.8 Å². The zero-order valence-electron chi connectivity index (χ0n) is 10.7. The van der Waals surface area contributed by atoms with Crippen LogP contribution in [0.5, 0.6) is 0 Å². The smallest absolute Gasteiger partial charge is 0.298 e. The van der Waals surface area contributed by atoms with Gasteiger partial charge < -0.3 is 15.1 Å². The first-order valence-corrected chi connectivity index (χ1v) is 6.70. The molecule has 4 heteroatoms. The van der Waals surface area contributed by atoms with Crippen molar-refractivity contribution < 1.29 is 4.42 Å². The van der Waals surface area contributed by atoms with Crippen molar-refractivity contribution in [1.82, 2.24) is 4.98 Å². The second-order valence-electron chi connectivity index (χ2n) is 4.97. The molecule has 0 saturated carbocycles. The molecular weight excluding hydrogens is 226 g/mol. The van der Waals surface area contributed by atoms with Crippen LogP contribution in [0.4, 0.5) is 11.7 Å². The van der Waals surface area contributed by atoms with Gasteiger partial charge in [0, 0.05) is 24.3 Å². The normalized spacial score (nSPS) is 20.5. The van der Waals surface area contributed by atoms with Crippen molar-refractivity contribution in [3.05, 3.63) is 18.2 Å². The molecule has 3 rings (SSSR count). The monoisotopic (exact) mass is 245 g/mol. The highest BCUT2D eigenvalue weighted by Gasteiger charge is 2.24. The quantitative estimate of drug-likeness (QED) is 0.826. The molecule has 0 aliphatic carbocycles. The van der Waals surface area contributed by atoms with Crippen molar-refractivity contribution in [2.75, 3.05) is 17.2 Å². The second kappa shape index (κ2) is 4.52. The molecular formula is C14H19N3O.